The quantitative estimate of drug-likeness (QED) is 0.873. The molecule has 0 unspecified atom stereocenters. The van der Waals surface area contributed by atoms with Crippen LogP contribution in [0.4, 0.5) is 0 Å². The molecule has 3 rings (SSSR count). The number of nitrogens with zero attached hydrogens (tertiary/aromatic N) is 3. The fourth-order valence-electron chi connectivity index (χ4n) is 3.05. The molecule has 1 aliphatic rings. The Labute approximate surface area is 130 Å². The second-order valence-corrected chi connectivity index (χ2v) is 7.28. The van der Waals surface area contributed by atoms with Crippen LogP contribution in [0.15, 0.2) is 47.5 Å². The van der Waals surface area contributed by atoms with Gasteiger partial charge in [-0.05, 0) is 37.1 Å². The topological polar surface area (TPSA) is 66.1 Å². The highest BCUT2D eigenvalue weighted by Gasteiger charge is 2.38. The first-order valence-electron chi connectivity index (χ1n) is 7.18. The lowest BCUT2D eigenvalue weighted by molar-refractivity contribution is 0.384. The van der Waals surface area contributed by atoms with E-state index in [-0.39, 0.29) is 16.5 Å². The van der Waals surface area contributed by atoms with E-state index in [1.54, 1.807) is 18.2 Å². The number of aryl methyl sites for hydroxylation is 1. The first-order valence-corrected chi connectivity index (χ1v) is 8.62. The molecule has 0 aliphatic carbocycles. The third-order valence-electron chi connectivity index (χ3n) is 4.12. The highest BCUT2D eigenvalue weighted by atomic mass is 32.2. The predicted octanol–water partition coefficient (Wildman–Crippen LogP) is 2.42. The molecule has 1 aliphatic heterocycles. The Balaban J connectivity index is 2.05. The highest BCUT2D eigenvalue weighted by Crippen LogP contribution is 2.37. The van der Waals surface area contributed by atoms with Gasteiger partial charge in [0, 0.05) is 25.5 Å². The minimum Gasteiger partial charge on any atom is -0.353 e. The van der Waals surface area contributed by atoms with Crippen LogP contribution in [0.5, 0.6) is 0 Å². The van der Waals surface area contributed by atoms with Gasteiger partial charge in [-0.15, -0.1) is 0 Å². The number of nitriles is 1. The maximum Gasteiger partial charge on any atom is 0.245 e. The van der Waals surface area contributed by atoms with Crippen molar-refractivity contribution in [3.05, 3.63) is 53.9 Å². The van der Waals surface area contributed by atoms with Crippen molar-refractivity contribution in [2.75, 3.05) is 6.54 Å². The monoisotopic (exact) mass is 315 g/mol. The molecule has 0 bridgehead atoms. The Morgan fingerprint density at radius 1 is 1.23 bits per heavy atom. The maximum atomic E-state index is 13.0. The van der Waals surface area contributed by atoms with E-state index < -0.39 is 10.0 Å². The fourth-order valence-corrected chi connectivity index (χ4v) is 4.87. The molecule has 1 aromatic heterocycles. The lowest BCUT2D eigenvalue weighted by Crippen LogP contribution is -2.32. The molecule has 0 saturated carbocycles. The second kappa shape index (κ2) is 5.59. The molecule has 0 radical (unpaired) electrons. The van der Waals surface area contributed by atoms with Crippen LogP contribution in [0.2, 0.25) is 0 Å². The third kappa shape index (κ3) is 2.32. The molecule has 2 aromatic rings. The molecule has 0 spiro atoms. The first-order chi connectivity index (χ1) is 10.6. The van der Waals surface area contributed by atoms with Crippen LogP contribution in [0.1, 0.15) is 30.1 Å². The largest absolute Gasteiger partial charge is 0.353 e. The summed E-state index contributed by atoms with van der Waals surface area (Å²) < 4.78 is 29.5. The van der Waals surface area contributed by atoms with Gasteiger partial charge in [-0.1, -0.05) is 12.1 Å². The first kappa shape index (κ1) is 14.8. The summed E-state index contributed by atoms with van der Waals surface area (Å²) >= 11 is 0. The fraction of sp³-hybridized carbons (Fsp3) is 0.312. The molecule has 1 saturated heterocycles. The molecule has 22 heavy (non-hydrogen) atoms. The van der Waals surface area contributed by atoms with E-state index in [1.807, 2.05) is 36.0 Å². The predicted molar refractivity (Wildman–Crippen MR) is 82.4 cm³/mol. The van der Waals surface area contributed by atoms with Gasteiger partial charge in [-0.25, -0.2) is 8.42 Å². The minimum absolute atomic E-state index is 0.0959. The van der Waals surface area contributed by atoms with E-state index in [1.165, 1.54) is 10.4 Å². The van der Waals surface area contributed by atoms with Crippen molar-refractivity contribution in [1.82, 2.24) is 8.87 Å². The van der Waals surface area contributed by atoms with Crippen molar-refractivity contribution in [3.63, 3.8) is 0 Å². The summed E-state index contributed by atoms with van der Waals surface area (Å²) in [5, 5.41) is 9.18. The van der Waals surface area contributed by atoms with Gasteiger partial charge in [0.2, 0.25) is 10.0 Å². The Hall–Kier alpha value is -2.10. The number of benzene rings is 1. The van der Waals surface area contributed by atoms with Crippen molar-refractivity contribution in [2.45, 2.75) is 23.8 Å². The van der Waals surface area contributed by atoms with Gasteiger partial charge in [0.1, 0.15) is 6.07 Å². The average Bonchev–Trinajstić information content (AvgIpc) is 3.15. The standard InChI is InChI=1S/C16H17N3O2S/c1-18-10-4-7-14(18)15-8-5-11-19(15)22(20,21)16-9-3-2-6-13(16)12-17/h2-4,6-7,9-10,15H,5,8,11H2,1H3/t15-/m1/s1. The second-order valence-electron chi connectivity index (χ2n) is 5.43. The normalized spacial score (nSPS) is 19.2. The van der Waals surface area contributed by atoms with E-state index >= 15 is 0 Å². The van der Waals surface area contributed by atoms with Crippen molar-refractivity contribution in [2.24, 2.45) is 7.05 Å². The van der Waals surface area contributed by atoms with Gasteiger partial charge >= 0.3 is 0 Å². The molecule has 0 N–H and O–H groups in total. The van der Waals surface area contributed by atoms with Crippen LogP contribution in [-0.4, -0.2) is 23.8 Å². The Kier molecular flexibility index (Phi) is 3.77. The molecule has 1 fully saturated rings. The zero-order chi connectivity index (χ0) is 15.7. The average molecular weight is 315 g/mol. The zero-order valence-electron chi connectivity index (χ0n) is 12.3. The van der Waals surface area contributed by atoms with Crippen molar-refractivity contribution in [1.29, 1.82) is 5.26 Å². The van der Waals surface area contributed by atoms with E-state index in [9.17, 15) is 13.7 Å². The number of hydrogen-bond donors (Lipinski definition) is 0. The summed E-state index contributed by atoms with van der Waals surface area (Å²) in [4.78, 5) is 0.0959. The number of rotatable bonds is 3. The van der Waals surface area contributed by atoms with Crippen molar-refractivity contribution in [3.8, 4) is 6.07 Å². The summed E-state index contributed by atoms with van der Waals surface area (Å²) in [5.74, 6) is 0. The van der Waals surface area contributed by atoms with Crippen LogP contribution >= 0.6 is 0 Å². The molecule has 1 atom stereocenters. The Morgan fingerprint density at radius 2 is 2.00 bits per heavy atom. The molecular formula is C16H17N3O2S. The lowest BCUT2D eigenvalue weighted by Gasteiger charge is -2.25. The number of sulfonamides is 1. The van der Waals surface area contributed by atoms with Gasteiger partial charge in [0.15, 0.2) is 0 Å². The third-order valence-corrected chi connectivity index (χ3v) is 6.09. The summed E-state index contributed by atoms with van der Waals surface area (Å²) in [6.45, 7) is 0.484. The summed E-state index contributed by atoms with van der Waals surface area (Å²) in [7, 11) is -1.76. The summed E-state index contributed by atoms with van der Waals surface area (Å²) in [6, 6.07) is 12.1. The Bertz CT molecular complexity index is 833. The van der Waals surface area contributed by atoms with Gasteiger partial charge < -0.3 is 4.57 Å². The maximum absolute atomic E-state index is 13.0. The summed E-state index contributed by atoms with van der Waals surface area (Å²) in [6.07, 6.45) is 3.54. The van der Waals surface area contributed by atoms with Gasteiger partial charge in [-0.3, -0.25) is 0 Å². The van der Waals surface area contributed by atoms with Crippen LogP contribution in [-0.2, 0) is 17.1 Å². The smallest absolute Gasteiger partial charge is 0.245 e. The van der Waals surface area contributed by atoms with Crippen LogP contribution in [0.25, 0.3) is 0 Å². The molecule has 2 heterocycles. The summed E-state index contributed by atoms with van der Waals surface area (Å²) in [5.41, 5.74) is 1.18. The van der Waals surface area contributed by atoms with Crippen LogP contribution in [0, 0.1) is 11.3 Å². The molecule has 5 nitrogen and oxygen atoms in total. The van der Waals surface area contributed by atoms with Gasteiger partial charge in [0.05, 0.1) is 16.5 Å². The molecule has 0 amide bonds. The number of hydrogen-bond acceptors (Lipinski definition) is 3. The zero-order valence-corrected chi connectivity index (χ0v) is 13.1. The van der Waals surface area contributed by atoms with E-state index in [2.05, 4.69) is 0 Å². The van der Waals surface area contributed by atoms with E-state index in [0.717, 1.165) is 18.5 Å². The van der Waals surface area contributed by atoms with Crippen molar-refractivity contribution < 1.29 is 8.42 Å². The SMILES string of the molecule is Cn1cccc1[C@H]1CCCN1S(=O)(=O)c1ccccc1C#N. The number of aromatic nitrogens is 1. The molecular weight excluding hydrogens is 298 g/mol. The highest BCUT2D eigenvalue weighted by molar-refractivity contribution is 7.89. The van der Waals surface area contributed by atoms with Crippen LogP contribution in [0.3, 0.4) is 0 Å². The minimum atomic E-state index is -3.68. The van der Waals surface area contributed by atoms with Gasteiger partial charge in [-0.2, -0.15) is 9.57 Å². The van der Waals surface area contributed by atoms with Crippen molar-refractivity contribution >= 4 is 10.0 Å². The molecule has 114 valence electrons. The molecule has 1 aromatic carbocycles. The van der Waals surface area contributed by atoms with E-state index in [0.29, 0.717) is 6.54 Å². The van der Waals surface area contributed by atoms with E-state index in [4.69, 9.17) is 0 Å². The van der Waals surface area contributed by atoms with Crippen LogP contribution < -0.4 is 0 Å². The Morgan fingerprint density at radius 3 is 2.68 bits per heavy atom. The lowest BCUT2D eigenvalue weighted by atomic mass is 10.1. The van der Waals surface area contributed by atoms with Gasteiger partial charge in [0.25, 0.3) is 0 Å². The molecule has 6 heteroatoms.